The Bertz CT molecular complexity index is 250. The summed E-state index contributed by atoms with van der Waals surface area (Å²) in [7, 11) is 0. The zero-order valence-corrected chi connectivity index (χ0v) is 6.24. The van der Waals surface area contributed by atoms with Gasteiger partial charge in [0.05, 0.1) is 23.8 Å². The molecule has 12 heavy (non-hydrogen) atoms. The largest absolute Gasteiger partial charge is 0.461 e. The molecule has 0 N–H and O–H groups in total. The lowest BCUT2D eigenvalue weighted by molar-refractivity contribution is -0.129. The van der Waals surface area contributed by atoms with Gasteiger partial charge in [0, 0.05) is 0 Å². The first-order valence-electron chi connectivity index (χ1n) is 3.28. The molecule has 1 heterocycles. The summed E-state index contributed by atoms with van der Waals surface area (Å²) in [6, 6.07) is 0. The van der Waals surface area contributed by atoms with Gasteiger partial charge in [-0.25, -0.2) is 4.39 Å². The Labute approximate surface area is 68.4 Å². The molecular formula is C7H7FN2O2. The number of hydrogen-bond donors (Lipinski definition) is 0. The summed E-state index contributed by atoms with van der Waals surface area (Å²) in [5, 5.41) is 0. The second-order valence-electron chi connectivity index (χ2n) is 2.04. The average Bonchev–Trinajstić information content (AvgIpc) is 2.15. The Hall–Kier alpha value is -1.52. The van der Waals surface area contributed by atoms with E-state index >= 15 is 0 Å². The first kappa shape index (κ1) is 8.58. The van der Waals surface area contributed by atoms with Crippen LogP contribution in [-0.4, -0.2) is 16.4 Å². The smallest absolute Gasteiger partial charge is 0.293 e. The minimum atomic E-state index is -0.637. The van der Waals surface area contributed by atoms with Crippen LogP contribution in [0.4, 0.5) is 4.39 Å². The number of halogens is 1. The highest BCUT2D eigenvalue weighted by Gasteiger charge is 1.96. The number of hydrogen-bond acceptors (Lipinski definition) is 4. The van der Waals surface area contributed by atoms with Crippen molar-refractivity contribution in [1.29, 1.82) is 0 Å². The van der Waals surface area contributed by atoms with E-state index < -0.39 is 6.67 Å². The summed E-state index contributed by atoms with van der Waals surface area (Å²) < 4.78 is 16.3. The van der Waals surface area contributed by atoms with Crippen LogP contribution in [0.25, 0.3) is 0 Å². The monoisotopic (exact) mass is 170 g/mol. The molecule has 0 saturated carbocycles. The quantitative estimate of drug-likeness (QED) is 0.621. The molecule has 0 aliphatic rings. The van der Waals surface area contributed by atoms with E-state index in [1.165, 1.54) is 12.4 Å². The number of rotatable bonds is 4. The average molecular weight is 170 g/mol. The van der Waals surface area contributed by atoms with Crippen molar-refractivity contribution in [1.82, 2.24) is 9.97 Å². The topological polar surface area (TPSA) is 52.1 Å². The summed E-state index contributed by atoms with van der Waals surface area (Å²) in [5.74, 6) is 0. The highest BCUT2D eigenvalue weighted by atomic mass is 19.1. The fourth-order valence-corrected chi connectivity index (χ4v) is 0.644. The summed E-state index contributed by atoms with van der Waals surface area (Å²) in [6.45, 7) is -0.240. The molecule has 0 atom stereocenters. The summed E-state index contributed by atoms with van der Waals surface area (Å²) in [5.41, 5.74) is 0.768. The SMILES string of the molecule is O=COCc1cnc(CF)cn1. The van der Waals surface area contributed by atoms with E-state index in [1.54, 1.807) is 0 Å². The van der Waals surface area contributed by atoms with Gasteiger partial charge in [-0.1, -0.05) is 0 Å². The van der Waals surface area contributed by atoms with Gasteiger partial charge in [0.25, 0.3) is 6.47 Å². The first-order chi connectivity index (χ1) is 5.86. The second kappa shape index (κ2) is 4.38. The fourth-order valence-electron chi connectivity index (χ4n) is 0.644. The lowest BCUT2D eigenvalue weighted by atomic mass is 10.4. The van der Waals surface area contributed by atoms with Gasteiger partial charge in [-0.2, -0.15) is 0 Å². The Kier molecular flexibility index (Phi) is 3.13. The van der Waals surface area contributed by atoms with Crippen LogP contribution in [0.1, 0.15) is 11.4 Å². The molecule has 64 valence electrons. The van der Waals surface area contributed by atoms with Crippen LogP contribution in [0.2, 0.25) is 0 Å². The Morgan fingerprint density at radius 2 is 2.08 bits per heavy atom. The van der Waals surface area contributed by atoms with E-state index in [1.807, 2.05) is 0 Å². The van der Waals surface area contributed by atoms with E-state index in [9.17, 15) is 9.18 Å². The van der Waals surface area contributed by atoms with Crippen LogP contribution < -0.4 is 0 Å². The van der Waals surface area contributed by atoms with Gasteiger partial charge < -0.3 is 4.74 Å². The normalized spacial score (nSPS) is 9.42. The van der Waals surface area contributed by atoms with Crippen LogP contribution in [0.5, 0.6) is 0 Å². The standard InChI is InChI=1S/C7H7FN2O2/c8-1-6-2-10-7(3-9-6)4-12-5-11/h2-3,5H,1,4H2. The lowest BCUT2D eigenvalue weighted by Crippen LogP contribution is -1.96. The molecule has 0 unspecified atom stereocenters. The molecule has 1 aromatic rings. The van der Waals surface area contributed by atoms with Gasteiger partial charge in [-0.3, -0.25) is 14.8 Å². The molecule has 0 saturated heterocycles. The number of ether oxygens (including phenoxy) is 1. The summed E-state index contributed by atoms with van der Waals surface area (Å²) in [6.07, 6.45) is 2.68. The maximum Gasteiger partial charge on any atom is 0.293 e. The van der Waals surface area contributed by atoms with Gasteiger partial charge in [-0.15, -0.1) is 0 Å². The van der Waals surface area contributed by atoms with E-state index in [4.69, 9.17) is 0 Å². The van der Waals surface area contributed by atoms with Gasteiger partial charge in [-0.05, 0) is 0 Å². The maximum atomic E-state index is 11.9. The summed E-state index contributed by atoms with van der Waals surface area (Å²) >= 11 is 0. The fraction of sp³-hybridized carbons (Fsp3) is 0.286. The van der Waals surface area contributed by atoms with Crippen molar-refractivity contribution in [3.05, 3.63) is 23.8 Å². The molecule has 5 heteroatoms. The third-order valence-corrected chi connectivity index (χ3v) is 1.19. The molecule has 0 aliphatic heterocycles. The highest BCUT2D eigenvalue weighted by Crippen LogP contribution is 1.97. The van der Waals surface area contributed by atoms with Crippen molar-refractivity contribution in [3.8, 4) is 0 Å². The molecule has 0 spiro atoms. The highest BCUT2D eigenvalue weighted by molar-refractivity contribution is 5.37. The molecule has 4 nitrogen and oxygen atoms in total. The van der Waals surface area contributed by atoms with E-state index in [0.29, 0.717) is 12.2 Å². The number of nitrogens with zero attached hydrogens (tertiary/aromatic N) is 2. The molecule has 0 bridgehead atoms. The van der Waals surface area contributed by atoms with Crippen molar-refractivity contribution in [2.24, 2.45) is 0 Å². The maximum absolute atomic E-state index is 11.9. The second-order valence-corrected chi connectivity index (χ2v) is 2.04. The number of aromatic nitrogens is 2. The molecule has 0 aromatic carbocycles. The number of carbonyl (C=O) groups excluding carboxylic acids is 1. The molecular weight excluding hydrogens is 163 g/mol. The van der Waals surface area contributed by atoms with Crippen molar-refractivity contribution >= 4 is 6.47 Å². The molecule has 0 amide bonds. The van der Waals surface area contributed by atoms with Crippen LogP contribution in [-0.2, 0) is 22.8 Å². The zero-order valence-electron chi connectivity index (χ0n) is 6.24. The van der Waals surface area contributed by atoms with E-state index in [0.717, 1.165) is 0 Å². The minimum absolute atomic E-state index is 0.0725. The van der Waals surface area contributed by atoms with Crippen molar-refractivity contribution < 1.29 is 13.9 Å². The zero-order chi connectivity index (χ0) is 8.81. The molecule has 0 fully saturated rings. The molecule has 0 aliphatic carbocycles. The van der Waals surface area contributed by atoms with Gasteiger partial charge in [0.1, 0.15) is 13.3 Å². The number of alkyl halides is 1. The van der Waals surface area contributed by atoms with Crippen LogP contribution >= 0.6 is 0 Å². The van der Waals surface area contributed by atoms with Crippen molar-refractivity contribution in [3.63, 3.8) is 0 Å². The van der Waals surface area contributed by atoms with Crippen LogP contribution in [0.3, 0.4) is 0 Å². The van der Waals surface area contributed by atoms with E-state index in [-0.39, 0.29) is 12.3 Å². The molecule has 0 radical (unpaired) electrons. The third kappa shape index (κ3) is 2.26. The molecule has 1 aromatic heterocycles. The minimum Gasteiger partial charge on any atom is -0.461 e. The summed E-state index contributed by atoms with van der Waals surface area (Å²) in [4.78, 5) is 17.3. The lowest BCUT2D eigenvalue weighted by Gasteiger charge is -1.97. The molecule has 1 rings (SSSR count). The van der Waals surface area contributed by atoms with Gasteiger partial charge >= 0.3 is 0 Å². The third-order valence-electron chi connectivity index (χ3n) is 1.19. The van der Waals surface area contributed by atoms with Crippen molar-refractivity contribution in [2.45, 2.75) is 13.3 Å². The predicted molar refractivity (Wildman–Crippen MR) is 37.7 cm³/mol. The predicted octanol–water partition coefficient (Wildman–Crippen LogP) is 0.619. The van der Waals surface area contributed by atoms with Crippen LogP contribution in [0.15, 0.2) is 12.4 Å². The van der Waals surface area contributed by atoms with Crippen LogP contribution in [0, 0.1) is 0 Å². The van der Waals surface area contributed by atoms with E-state index in [2.05, 4.69) is 14.7 Å². The first-order valence-corrected chi connectivity index (χ1v) is 3.28. The Morgan fingerprint density at radius 3 is 2.58 bits per heavy atom. The van der Waals surface area contributed by atoms with Gasteiger partial charge in [0.2, 0.25) is 0 Å². The van der Waals surface area contributed by atoms with Crippen molar-refractivity contribution in [2.75, 3.05) is 0 Å². The Balaban J connectivity index is 2.58. The number of carbonyl (C=O) groups is 1. The van der Waals surface area contributed by atoms with Gasteiger partial charge in [0.15, 0.2) is 0 Å². The Morgan fingerprint density at radius 1 is 1.42 bits per heavy atom.